The fourth-order valence-electron chi connectivity index (χ4n) is 3.34. The lowest BCUT2D eigenvalue weighted by Crippen LogP contribution is -2.28. The van der Waals surface area contributed by atoms with Crippen molar-refractivity contribution in [2.24, 2.45) is 0 Å². The standard InChI is InChI=1S/C21H33N3O4/c1-2-3-4-5-6-7-8-9-10-11-12-16-14-24(21(27)23-20(16)22)19-13-17(26)18(15-25)28-19/h14,17-19,25-26H,2-10,13,15H2,1H3,(H2,22,23,27). The van der Waals surface area contributed by atoms with Crippen molar-refractivity contribution in [3.05, 3.63) is 22.2 Å². The Morgan fingerprint density at radius 1 is 1.25 bits per heavy atom. The van der Waals surface area contributed by atoms with Crippen LogP contribution >= 0.6 is 0 Å². The maximum atomic E-state index is 12.1. The zero-order chi connectivity index (χ0) is 20.4. The van der Waals surface area contributed by atoms with Gasteiger partial charge in [0.2, 0.25) is 0 Å². The molecule has 2 rings (SSSR count). The molecular formula is C21H33N3O4. The van der Waals surface area contributed by atoms with Gasteiger partial charge in [-0.05, 0) is 6.42 Å². The van der Waals surface area contributed by atoms with E-state index in [4.69, 9.17) is 10.5 Å². The van der Waals surface area contributed by atoms with Crippen molar-refractivity contribution in [1.29, 1.82) is 0 Å². The van der Waals surface area contributed by atoms with E-state index in [0.717, 1.165) is 12.8 Å². The Morgan fingerprint density at radius 2 is 1.93 bits per heavy atom. The Kier molecular flexibility index (Phi) is 9.48. The highest BCUT2D eigenvalue weighted by atomic mass is 16.5. The summed E-state index contributed by atoms with van der Waals surface area (Å²) in [6.45, 7) is 1.92. The van der Waals surface area contributed by atoms with E-state index in [1.165, 1.54) is 55.7 Å². The highest BCUT2D eigenvalue weighted by molar-refractivity contribution is 5.48. The molecule has 156 valence electrons. The van der Waals surface area contributed by atoms with Gasteiger partial charge in [0.25, 0.3) is 0 Å². The Hall–Kier alpha value is -1.88. The summed E-state index contributed by atoms with van der Waals surface area (Å²) in [5, 5.41) is 19.1. The predicted octanol–water partition coefficient (Wildman–Crippen LogP) is 2.35. The van der Waals surface area contributed by atoms with E-state index in [9.17, 15) is 15.0 Å². The number of nitrogens with two attached hydrogens (primary N) is 1. The fraction of sp³-hybridized carbons (Fsp3) is 0.714. The van der Waals surface area contributed by atoms with Gasteiger partial charge in [0.1, 0.15) is 18.1 Å². The molecule has 1 saturated heterocycles. The average molecular weight is 392 g/mol. The topological polar surface area (TPSA) is 111 Å². The summed E-state index contributed by atoms with van der Waals surface area (Å²) in [6, 6.07) is 0. The molecular weight excluding hydrogens is 358 g/mol. The molecule has 4 N–H and O–H groups in total. The minimum atomic E-state index is -0.823. The molecule has 0 aliphatic carbocycles. The molecule has 28 heavy (non-hydrogen) atoms. The Balaban J connectivity index is 1.86. The van der Waals surface area contributed by atoms with E-state index in [0.29, 0.717) is 5.56 Å². The molecule has 3 unspecified atom stereocenters. The first-order valence-corrected chi connectivity index (χ1v) is 10.4. The third-order valence-electron chi connectivity index (χ3n) is 5.05. The predicted molar refractivity (Wildman–Crippen MR) is 109 cm³/mol. The monoisotopic (exact) mass is 391 g/mol. The summed E-state index contributed by atoms with van der Waals surface area (Å²) in [5.74, 6) is 6.20. The van der Waals surface area contributed by atoms with E-state index in [1.807, 2.05) is 0 Å². The van der Waals surface area contributed by atoms with Crippen LogP contribution in [0.3, 0.4) is 0 Å². The minimum Gasteiger partial charge on any atom is -0.394 e. The van der Waals surface area contributed by atoms with E-state index in [1.54, 1.807) is 0 Å². The van der Waals surface area contributed by atoms with Crippen molar-refractivity contribution < 1.29 is 14.9 Å². The number of nitrogen functional groups attached to an aromatic ring is 1. The van der Waals surface area contributed by atoms with E-state index < -0.39 is 24.1 Å². The molecule has 1 aliphatic rings. The normalized spacial score (nSPS) is 21.5. The van der Waals surface area contributed by atoms with Crippen LogP contribution in [0.4, 0.5) is 5.82 Å². The largest absolute Gasteiger partial charge is 0.394 e. The molecule has 2 heterocycles. The third kappa shape index (κ3) is 6.62. The number of hydrogen-bond donors (Lipinski definition) is 3. The molecule has 0 aromatic carbocycles. The van der Waals surface area contributed by atoms with Crippen LogP contribution in [0.5, 0.6) is 0 Å². The van der Waals surface area contributed by atoms with Gasteiger partial charge in [0.05, 0.1) is 18.3 Å². The number of aromatic nitrogens is 2. The molecule has 1 fully saturated rings. The molecule has 1 aromatic rings. The molecule has 1 aliphatic heterocycles. The van der Waals surface area contributed by atoms with Gasteiger partial charge in [0, 0.05) is 19.0 Å². The van der Waals surface area contributed by atoms with Crippen molar-refractivity contribution >= 4 is 5.82 Å². The summed E-state index contributed by atoms with van der Waals surface area (Å²) in [7, 11) is 0. The van der Waals surface area contributed by atoms with Crippen molar-refractivity contribution in [2.45, 2.75) is 89.6 Å². The van der Waals surface area contributed by atoms with Crippen LogP contribution in [0.2, 0.25) is 0 Å². The first kappa shape index (κ1) is 22.4. The number of anilines is 1. The molecule has 0 spiro atoms. The molecule has 3 atom stereocenters. The summed E-state index contributed by atoms with van der Waals surface area (Å²) in [4.78, 5) is 15.9. The van der Waals surface area contributed by atoms with E-state index in [2.05, 4.69) is 23.7 Å². The van der Waals surface area contributed by atoms with Crippen molar-refractivity contribution in [1.82, 2.24) is 9.55 Å². The highest BCUT2D eigenvalue weighted by Crippen LogP contribution is 2.27. The maximum Gasteiger partial charge on any atom is 0.351 e. The summed E-state index contributed by atoms with van der Waals surface area (Å²) < 4.78 is 6.81. The van der Waals surface area contributed by atoms with Gasteiger partial charge in [-0.3, -0.25) is 4.57 Å². The Labute approximate surface area is 166 Å². The molecule has 0 bridgehead atoms. The average Bonchev–Trinajstić information content (AvgIpc) is 3.05. The van der Waals surface area contributed by atoms with E-state index in [-0.39, 0.29) is 18.8 Å². The number of hydrogen-bond acceptors (Lipinski definition) is 6. The number of unbranched alkanes of at least 4 members (excludes halogenated alkanes) is 8. The zero-order valence-corrected chi connectivity index (χ0v) is 16.8. The Morgan fingerprint density at radius 3 is 2.57 bits per heavy atom. The molecule has 0 saturated carbocycles. The second kappa shape index (κ2) is 11.8. The third-order valence-corrected chi connectivity index (χ3v) is 5.05. The number of aliphatic hydroxyl groups excluding tert-OH is 2. The highest BCUT2D eigenvalue weighted by Gasteiger charge is 2.35. The van der Waals surface area contributed by atoms with Gasteiger partial charge in [0.15, 0.2) is 0 Å². The molecule has 1 aromatic heterocycles. The van der Waals surface area contributed by atoms with Gasteiger partial charge in [-0.2, -0.15) is 4.98 Å². The van der Waals surface area contributed by atoms with Crippen LogP contribution in [0, 0.1) is 11.8 Å². The molecule has 7 heteroatoms. The van der Waals surface area contributed by atoms with Gasteiger partial charge in [-0.15, -0.1) is 0 Å². The van der Waals surface area contributed by atoms with Gasteiger partial charge >= 0.3 is 5.69 Å². The number of aliphatic hydroxyl groups is 2. The lowest BCUT2D eigenvalue weighted by molar-refractivity contribution is -0.0458. The lowest BCUT2D eigenvalue weighted by atomic mass is 10.1. The van der Waals surface area contributed by atoms with Crippen molar-refractivity contribution in [2.75, 3.05) is 12.3 Å². The smallest absolute Gasteiger partial charge is 0.351 e. The molecule has 0 amide bonds. The SMILES string of the molecule is CCCCCCCCCCC#Cc1cn(C2CC(O)C(CO)O2)c(=O)nc1N. The summed E-state index contributed by atoms with van der Waals surface area (Å²) in [6.07, 6.45) is 10.3. The molecule has 0 radical (unpaired) electrons. The van der Waals surface area contributed by atoms with Gasteiger partial charge in [-0.1, -0.05) is 63.7 Å². The quantitative estimate of drug-likeness (QED) is 0.417. The van der Waals surface area contributed by atoms with Crippen LogP contribution in [0.1, 0.15) is 82.9 Å². The van der Waals surface area contributed by atoms with E-state index >= 15 is 0 Å². The minimum absolute atomic E-state index is 0.0990. The number of nitrogens with zero attached hydrogens (tertiary/aromatic N) is 2. The summed E-state index contributed by atoms with van der Waals surface area (Å²) >= 11 is 0. The van der Waals surface area contributed by atoms with Crippen molar-refractivity contribution in [3.63, 3.8) is 0 Å². The Bertz CT molecular complexity index is 723. The maximum absolute atomic E-state index is 12.1. The number of rotatable bonds is 10. The van der Waals surface area contributed by atoms with Crippen molar-refractivity contribution in [3.8, 4) is 11.8 Å². The van der Waals surface area contributed by atoms with Crippen LogP contribution in [0.15, 0.2) is 11.0 Å². The lowest BCUT2D eigenvalue weighted by Gasteiger charge is -2.14. The van der Waals surface area contributed by atoms with Gasteiger partial charge < -0.3 is 20.7 Å². The fourth-order valence-corrected chi connectivity index (χ4v) is 3.34. The second-order valence-corrected chi connectivity index (χ2v) is 7.37. The zero-order valence-electron chi connectivity index (χ0n) is 16.8. The van der Waals surface area contributed by atoms with Crippen LogP contribution in [-0.2, 0) is 4.74 Å². The van der Waals surface area contributed by atoms with Crippen LogP contribution in [-0.4, -0.2) is 38.6 Å². The summed E-state index contributed by atoms with van der Waals surface area (Å²) in [5.41, 5.74) is 5.76. The first-order valence-electron chi connectivity index (χ1n) is 10.4. The van der Waals surface area contributed by atoms with Crippen LogP contribution < -0.4 is 11.4 Å². The molecule has 7 nitrogen and oxygen atoms in total. The second-order valence-electron chi connectivity index (χ2n) is 7.37. The first-order chi connectivity index (χ1) is 13.6. The van der Waals surface area contributed by atoms with Gasteiger partial charge in [-0.25, -0.2) is 4.79 Å². The number of ether oxygens (including phenoxy) is 1. The van der Waals surface area contributed by atoms with Crippen LogP contribution in [0.25, 0.3) is 0 Å².